The van der Waals surface area contributed by atoms with Gasteiger partial charge in [-0.15, -0.1) is 0 Å². The Morgan fingerprint density at radius 3 is 2.38 bits per heavy atom. The monoisotopic (exact) mass is 396 g/mol. The lowest BCUT2D eigenvalue weighted by Gasteiger charge is -2.16. The van der Waals surface area contributed by atoms with Crippen LogP contribution in [0, 0.1) is 3.57 Å². The molecule has 0 radical (unpaired) electrons. The Bertz CT molecular complexity index is 540. The first-order valence-corrected chi connectivity index (χ1v) is 8.43. The normalized spacial score (nSPS) is 12.1. The van der Waals surface area contributed by atoms with Gasteiger partial charge in [-0.2, -0.15) is 0 Å². The molecule has 1 aromatic heterocycles. The van der Waals surface area contributed by atoms with Gasteiger partial charge < -0.3 is 10.1 Å². The van der Waals surface area contributed by atoms with E-state index in [9.17, 15) is 0 Å². The zero-order chi connectivity index (χ0) is 15.1. The van der Waals surface area contributed by atoms with Gasteiger partial charge in [-0.05, 0) is 78.4 Å². The van der Waals surface area contributed by atoms with Crippen molar-refractivity contribution >= 4 is 22.6 Å². The molecule has 2 rings (SSSR count). The van der Waals surface area contributed by atoms with Crippen molar-refractivity contribution in [3.8, 4) is 11.5 Å². The summed E-state index contributed by atoms with van der Waals surface area (Å²) in [5, 5.41) is 3.51. The Balaban J connectivity index is 2.02. The van der Waals surface area contributed by atoms with Crippen LogP contribution in [0.5, 0.6) is 11.5 Å². The Labute approximate surface area is 140 Å². The minimum absolute atomic E-state index is 0.317. The van der Waals surface area contributed by atoms with Crippen LogP contribution in [-0.4, -0.2) is 11.5 Å². The zero-order valence-corrected chi connectivity index (χ0v) is 14.6. The van der Waals surface area contributed by atoms with E-state index in [0.717, 1.165) is 36.6 Å². The Kier molecular flexibility index (Phi) is 6.45. The smallest absolute Gasteiger partial charge is 0.145 e. The molecule has 1 unspecified atom stereocenters. The summed E-state index contributed by atoms with van der Waals surface area (Å²) in [5.41, 5.74) is 1.07. The molecular formula is C17H21IN2O. The van der Waals surface area contributed by atoms with Crippen LogP contribution in [0.25, 0.3) is 0 Å². The van der Waals surface area contributed by atoms with Crippen LogP contribution in [0.1, 0.15) is 38.4 Å². The average molecular weight is 396 g/mol. The van der Waals surface area contributed by atoms with Gasteiger partial charge in [-0.3, -0.25) is 4.98 Å². The average Bonchev–Trinajstić information content (AvgIpc) is 2.52. The lowest BCUT2D eigenvalue weighted by atomic mass is 10.1. The van der Waals surface area contributed by atoms with Crippen molar-refractivity contribution in [2.24, 2.45) is 0 Å². The topological polar surface area (TPSA) is 34.1 Å². The van der Waals surface area contributed by atoms with E-state index in [2.05, 4.69) is 46.7 Å². The maximum absolute atomic E-state index is 5.80. The van der Waals surface area contributed by atoms with Gasteiger partial charge in [0.1, 0.15) is 11.5 Å². The molecule has 21 heavy (non-hydrogen) atoms. The Morgan fingerprint density at radius 1 is 1.10 bits per heavy atom. The van der Waals surface area contributed by atoms with Gasteiger partial charge in [0.15, 0.2) is 0 Å². The third-order valence-electron chi connectivity index (χ3n) is 3.21. The molecule has 1 N–H and O–H groups in total. The van der Waals surface area contributed by atoms with Gasteiger partial charge in [0.2, 0.25) is 0 Å². The van der Waals surface area contributed by atoms with Crippen molar-refractivity contribution in [2.45, 2.75) is 32.7 Å². The second-order valence-corrected chi connectivity index (χ2v) is 6.14. The molecule has 0 fully saturated rings. The SMILES string of the molecule is CCCNC(CC)c1ccc(Oc2ccc(I)cc2)cn1. The molecule has 0 saturated heterocycles. The number of pyridine rings is 1. The van der Waals surface area contributed by atoms with Crippen LogP contribution in [0.4, 0.5) is 0 Å². The number of benzene rings is 1. The zero-order valence-electron chi connectivity index (χ0n) is 12.5. The molecule has 0 bridgehead atoms. The number of hydrogen-bond donors (Lipinski definition) is 1. The van der Waals surface area contributed by atoms with Crippen LogP contribution in [0.2, 0.25) is 0 Å². The molecule has 2 aromatic rings. The molecule has 1 aromatic carbocycles. The summed E-state index contributed by atoms with van der Waals surface area (Å²) in [7, 11) is 0. The van der Waals surface area contributed by atoms with Crippen LogP contribution in [0.15, 0.2) is 42.6 Å². The Hall–Kier alpha value is -1.14. The molecule has 112 valence electrons. The highest BCUT2D eigenvalue weighted by molar-refractivity contribution is 14.1. The molecule has 0 saturated carbocycles. The first-order chi connectivity index (χ1) is 10.2. The van der Waals surface area contributed by atoms with Gasteiger partial charge in [-0.1, -0.05) is 13.8 Å². The van der Waals surface area contributed by atoms with Crippen molar-refractivity contribution in [2.75, 3.05) is 6.54 Å². The number of ether oxygens (including phenoxy) is 1. The summed E-state index contributed by atoms with van der Waals surface area (Å²) in [6.45, 7) is 5.36. The number of hydrogen-bond acceptors (Lipinski definition) is 3. The number of halogens is 1. The highest BCUT2D eigenvalue weighted by atomic mass is 127. The van der Waals surface area contributed by atoms with Crippen molar-refractivity contribution in [1.29, 1.82) is 0 Å². The van der Waals surface area contributed by atoms with Gasteiger partial charge in [0, 0.05) is 9.61 Å². The van der Waals surface area contributed by atoms with E-state index in [4.69, 9.17) is 4.74 Å². The third-order valence-corrected chi connectivity index (χ3v) is 3.93. The molecule has 1 atom stereocenters. The fraction of sp³-hybridized carbons (Fsp3) is 0.353. The molecule has 4 heteroatoms. The second kappa shape index (κ2) is 8.34. The second-order valence-electron chi connectivity index (χ2n) is 4.89. The first kappa shape index (κ1) is 16.2. The Morgan fingerprint density at radius 2 is 1.81 bits per heavy atom. The molecule has 0 spiro atoms. The van der Waals surface area contributed by atoms with Gasteiger partial charge in [0.05, 0.1) is 11.9 Å². The van der Waals surface area contributed by atoms with Crippen molar-refractivity contribution in [3.63, 3.8) is 0 Å². The van der Waals surface area contributed by atoms with Crippen LogP contribution in [-0.2, 0) is 0 Å². The molecule has 1 heterocycles. The maximum atomic E-state index is 5.80. The van der Waals surface area contributed by atoms with Crippen molar-refractivity contribution < 1.29 is 4.74 Å². The van der Waals surface area contributed by atoms with E-state index in [0.29, 0.717) is 6.04 Å². The van der Waals surface area contributed by atoms with E-state index < -0.39 is 0 Å². The van der Waals surface area contributed by atoms with Crippen LogP contribution < -0.4 is 10.1 Å². The quantitative estimate of drug-likeness (QED) is 0.674. The molecule has 3 nitrogen and oxygen atoms in total. The minimum Gasteiger partial charge on any atom is -0.456 e. The minimum atomic E-state index is 0.317. The summed E-state index contributed by atoms with van der Waals surface area (Å²) < 4.78 is 6.99. The van der Waals surface area contributed by atoms with E-state index in [1.165, 1.54) is 3.57 Å². The molecule has 0 aliphatic rings. The molecule has 0 aliphatic heterocycles. The third kappa shape index (κ3) is 4.97. The van der Waals surface area contributed by atoms with E-state index in [1.807, 2.05) is 36.4 Å². The molecule has 0 aliphatic carbocycles. The molecular weight excluding hydrogens is 375 g/mol. The van der Waals surface area contributed by atoms with Crippen LogP contribution >= 0.6 is 22.6 Å². The lowest BCUT2D eigenvalue weighted by molar-refractivity contribution is 0.474. The van der Waals surface area contributed by atoms with E-state index in [1.54, 1.807) is 6.20 Å². The standard InChI is InChI=1S/C17H21IN2O/c1-3-11-19-16(4-2)17-10-9-15(12-20-17)21-14-7-5-13(18)6-8-14/h5-10,12,16,19H,3-4,11H2,1-2H3. The predicted molar refractivity (Wildman–Crippen MR) is 94.8 cm³/mol. The summed E-state index contributed by atoms with van der Waals surface area (Å²) in [4.78, 5) is 4.53. The summed E-state index contributed by atoms with van der Waals surface area (Å²) >= 11 is 2.28. The maximum Gasteiger partial charge on any atom is 0.145 e. The number of nitrogens with one attached hydrogen (secondary N) is 1. The number of rotatable bonds is 7. The molecule has 0 amide bonds. The van der Waals surface area contributed by atoms with Crippen molar-refractivity contribution in [3.05, 3.63) is 51.9 Å². The highest BCUT2D eigenvalue weighted by Gasteiger charge is 2.09. The van der Waals surface area contributed by atoms with Gasteiger partial charge in [0.25, 0.3) is 0 Å². The first-order valence-electron chi connectivity index (χ1n) is 7.35. The van der Waals surface area contributed by atoms with Gasteiger partial charge >= 0.3 is 0 Å². The highest BCUT2D eigenvalue weighted by Crippen LogP contribution is 2.23. The summed E-state index contributed by atoms with van der Waals surface area (Å²) in [6.07, 6.45) is 3.96. The van der Waals surface area contributed by atoms with E-state index >= 15 is 0 Å². The summed E-state index contributed by atoms with van der Waals surface area (Å²) in [5.74, 6) is 1.60. The lowest BCUT2D eigenvalue weighted by Crippen LogP contribution is -2.22. The van der Waals surface area contributed by atoms with E-state index in [-0.39, 0.29) is 0 Å². The predicted octanol–water partition coefficient (Wildman–Crippen LogP) is 4.93. The summed E-state index contributed by atoms with van der Waals surface area (Å²) in [6, 6.07) is 12.3. The number of aromatic nitrogens is 1. The van der Waals surface area contributed by atoms with Gasteiger partial charge in [-0.25, -0.2) is 0 Å². The van der Waals surface area contributed by atoms with Crippen molar-refractivity contribution in [1.82, 2.24) is 10.3 Å². The van der Waals surface area contributed by atoms with Crippen LogP contribution in [0.3, 0.4) is 0 Å². The number of nitrogens with zero attached hydrogens (tertiary/aromatic N) is 1. The largest absolute Gasteiger partial charge is 0.456 e. The fourth-order valence-electron chi connectivity index (χ4n) is 2.07. The fourth-order valence-corrected chi connectivity index (χ4v) is 2.43.